The van der Waals surface area contributed by atoms with Gasteiger partial charge in [-0.1, -0.05) is 18.2 Å². The van der Waals surface area contributed by atoms with Crippen molar-refractivity contribution in [3.63, 3.8) is 0 Å². The van der Waals surface area contributed by atoms with Crippen LogP contribution in [-0.4, -0.2) is 5.11 Å². The first kappa shape index (κ1) is 23.6. The Bertz CT molecular complexity index is 460. The van der Waals surface area contributed by atoms with Crippen LogP contribution < -0.4 is 0 Å². The third-order valence-corrected chi connectivity index (χ3v) is 2.26. The van der Waals surface area contributed by atoms with E-state index in [-0.39, 0.29) is 24.0 Å². The van der Waals surface area contributed by atoms with Gasteiger partial charge in [0.2, 0.25) is 0 Å². The maximum atomic E-state index is 9.11. The molecule has 1 aromatic rings. The van der Waals surface area contributed by atoms with Crippen LogP contribution in [0, 0.1) is 20.0 Å². The van der Waals surface area contributed by atoms with Crippen LogP contribution in [0.5, 0.6) is 0 Å². The summed E-state index contributed by atoms with van der Waals surface area (Å²) in [5.74, 6) is 0.911. The van der Waals surface area contributed by atoms with Crippen molar-refractivity contribution in [3.8, 4) is 0 Å². The fourth-order valence-corrected chi connectivity index (χ4v) is 1.55. The zero-order valence-corrected chi connectivity index (χ0v) is 12.0. The van der Waals surface area contributed by atoms with Gasteiger partial charge in [-0.3, -0.25) is 0 Å². The van der Waals surface area contributed by atoms with Gasteiger partial charge in [-0.15, -0.1) is 0 Å². The number of benzene rings is 1. The molecule has 1 aliphatic rings. The quantitative estimate of drug-likeness (QED) is 0.634. The van der Waals surface area contributed by atoms with Crippen LogP contribution in [0.25, 0.3) is 6.08 Å². The van der Waals surface area contributed by atoms with E-state index in [9.17, 15) is 0 Å². The summed E-state index contributed by atoms with van der Waals surface area (Å²) in [6.45, 7) is 16.1. The minimum atomic E-state index is 0. The first-order valence-electron chi connectivity index (χ1n) is 4.95. The van der Waals surface area contributed by atoms with Crippen molar-refractivity contribution in [3.05, 3.63) is 60.6 Å². The van der Waals surface area contributed by atoms with Crippen LogP contribution in [0.4, 0.5) is 0 Å². The maximum absolute atomic E-state index is 9.11. The maximum Gasteiger partial charge on any atom is 0 e. The zero-order chi connectivity index (χ0) is 15.3. The number of hydrogen-bond acceptors (Lipinski definition) is 2. The summed E-state index contributed by atoms with van der Waals surface area (Å²) >= 11 is 0. The molecule has 0 radical (unpaired) electrons. The molecule has 0 bridgehead atoms. The average molecular weight is 312 g/mol. The van der Waals surface area contributed by atoms with Gasteiger partial charge in [0.15, 0.2) is 0 Å². The summed E-state index contributed by atoms with van der Waals surface area (Å²) in [6, 6.07) is 5.91. The smallest absolute Gasteiger partial charge is 0 e. The topological polar surface area (TPSA) is 89.2 Å². The third-order valence-electron chi connectivity index (χ3n) is 2.26. The molecular formula is C14H12CrO5. The Morgan fingerprint density at radius 1 is 1.15 bits per heavy atom. The number of fused-ring (bicyclic) bond motifs is 1. The monoisotopic (exact) mass is 312 g/mol. The molecule has 0 spiro atoms. The molecule has 5 nitrogen and oxygen atoms in total. The van der Waals surface area contributed by atoms with Crippen molar-refractivity contribution in [2.75, 3.05) is 0 Å². The standard InChI is InChI=1S/C11H12O2.3CO.Cr/c1-8-5-11-9(6-12)3-2-4-10(11)7-13-8;3*1-2;/h2-5,12H,6-7H2,1H3;;;;. The second kappa shape index (κ2) is 15.5. The summed E-state index contributed by atoms with van der Waals surface area (Å²) < 4.78 is 27.9. The zero-order valence-electron chi connectivity index (χ0n) is 10.7. The van der Waals surface area contributed by atoms with Crippen LogP contribution in [-0.2, 0) is 49.3 Å². The van der Waals surface area contributed by atoms with Gasteiger partial charge in [0.05, 0.1) is 12.4 Å². The molecule has 6 heteroatoms. The molecule has 0 amide bonds. The Balaban J connectivity index is -0.000000368. The third kappa shape index (κ3) is 7.16. The second-order valence-corrected chi connectivity index (χ2v) is 3.19. The van der Waals surface area contributed by atoms with E-state index in [4.69, 9.17) is 23.8 Å². The van der Waals surface area contributed by atoms with E-state index < -0.39 is 0 Å². The van der Waals surface area contributed by atoms with Crippen molar-refractivity contribution >= 4 is 6.08 Å². The van der Waals surface area contributed by atoms with Crippen LogP contribution in [0.2, 0.25) is 0 Å². The minimum absolute atomic E-state index is 0. The Morgan fingerprint density at radius 2 is 1.70 bits per heavy atom. The first-order valence-corrected chi connectivity index (χ1v) is 4.95. The van der Waals surface area contributed by atoms with Crippen LogP contribution >= 0.6 is 0 Å². The summed E-state index contributed by atoms with van der Waals surface area (Å²) in [6.07, 6.45) is 1.98. The molecule has 1 aliphatic heterocycles. The van der Waals surface area contributed by atoms with Crippen molar-refractivity contribution in [1.29, 1.82) is 0 Å². The van der Waals surface area contributed by atoms with Gasteiger partial charge in [-0.2, -0.15) is 0 Å². The molecule has 0 aromatic heterocycles. The number of aliphatic hydroxyl groups is 1. The molecule has 0 atom stereocenters. The number of aliphatic hydroxyl groups excluding tert-OH is 1. The largest absolute Gasteiger partial charge is 0 e. The minimum Gasteiger partial charge on any atom is 0 e. The summed E-state index contributed by atoms with van der Waals surface area (Å²) in [5.41, 5.74) is 3.24. The number of hydrogen-bond donors (Lipinski definition) is 1. The van der Waals surface area contributed by atoms with Gasteiger partial charge in [-0.05, 0) is 29.7 Å². The second-order valence-electron chi connectivity index (χ2n) is 3.19. The molecule has 104 valence electrons. The predicted molar refractivity (Wildman–Crippen MR) is 62.6 cm³/mol. The normalized spacial score (nSPS) is 9.70. The van der Waals surface area contributed by atoms with E-state index in [1.165, 1.54) is 0 Å². The van der Waals surface area contributed by atoms with E-state index >= 15 is 0 Å². The Labute approximate surface area is 128 Å². The van der Waals surface area contributed by atoms with E-state index in [1.807, 2.05) is 31.2 Å². The fraction of sp³-hybridized carbons (Fsp3) is 0.214. The molecular weight excluding hydrogens is 300 g/mol. The molecule has 0 saturated heterocycles. The van der Waals surface area contributed by atoms with E-state index in [1.54, 1.807) is 0 Å². The summed E-state index contributed by atoms with van der Waals surface area (Å²) in [4.78, 5) is 0. The molecule has 20 heavy (non-hydrogen) atoms. The van der Waals surface area contributed by atoms with Crippen LogP contribution in [0.1, 0.15) is 23.6 Å². The van der Waals surface area contributed by atoms with Gasteiger partial charge in [0.25, 0.3) is 0 Å². The van der Waals surface area contributed by atoms with Crippen molar-refractivity contribution < 1.29 is 41.2 Å². The average Bonchev–Trinajstić information content (AvgIpc) is 2.52. The molecule has 0 saturated carbocycles. The van der Waals surface area contributed by atoms with Crippen molar-refractivity contribution in [2.24, 2.45) is 0 Å². The Hall–Kier alpha value is -1.53. The number of allylic oxidation sites excluding steroid dienone is 1. The first-order chi connectivity index (χ1) is 9.31. The molecule has 0 fully saturated rings. The van der Waals surface area contributed by atoms with E-state index in [0.717, 1.165) is 22.4 Å². The van der Waals surface area contributed by atoms with Crippen LogP contribution in [0.3, 0.4) is 0 Å². The van der Waals surface area contributed by atoms with Gasteiger partial charge in [0.1, 0.15) is 6.61 Å². The fourth-order valence-electron chi connectivity index (χ4n) is 1.55. The summed E-state index contributed by atoms with van der Waals surface area (Å²) in [5, 5.41) is 9.11. The van der Waals surface area contributed by atoms with Gasteiger partial charge in [-0.25, -0.2) is 0 Å². The molecule has 2 rings (SSSR count). The number of ether oxygens (including phenoxy) is 1. The van der Waals surface area contributed by atoms with E-state index in [0.29, 0.717) is 6.61 Å². The van der Waals surface area contributed by atoms with Gasteiger partial charge >= 0.3 is 33.9 Å². The SMILES string of the molecule is CC1=Cc2c(CO)cccc2CO1.[C-]#[O+].[C-]#[O+].[C-]#[O+].[Cr]. The predicted octanol–water partition coefficient (Wildman–Crippen LogP) is 1.95. The van der Waals surface area contributed by atoms with Crippen molar-refractivity contribution in [1.82, 2.24) is 0 Å². The molecule has 0 aliphatic carbocycles. The number of rotatable bonds is 1. The Morgan fingerprint density at radius 3 is 2.20 bits per heavy atom. The molecule has 1 aromatic carbocycles. The van der Waals surface area contributed by atoms with Gasteiger partial charge < -0.3 is 9.84 Å². The van der Waals surface area contributed by atoms with Gasteiger partial charge in [0, 0.05) is 17.4 Å². The van der Waals surface area contributed by atoms with Crippen LogP contribution in [0.15, 0.2) is 24.0 Å². The molecule has 0 unspecified atom stereocenters. The van der Waals surface area contributed by atoms with E-state index in [2.05, 4.69) is 20.0 Å². The van der Waals surface area contributed by atoms with Crippen molar-refractivity contribution in [2.45, 2.75) is 20.1 Å². The molecule has 1 N–H and O–H groups in total. The Kier molecular flexibility index (Phi) is 18.3. The summed E-state index contributed by atoms with van der Waals surface area (Å²) in [7, 11) is 0. The molecule has 1 heterocycles.